The van der Waals surface area contributed by atoms with Crippen LogP contribution in [0.1, 0.15) is 139 Å². The van der Waals surface area contributed by atoms with Crippen LogP contribution in [-0.4, -0.2) is 58.0 Å². The van der Waals surface area contributed by atoms with Gasteiger partial charge in [-0.05, 0) is 129 Å². The van der Waals surface area contributed by atoms with Crippen LogP contribution >= 0.6 is 0 Å². The Morgan fingerprint density at radius 3 is 2.20 bits per heavy atom. The van der Waals surface area contributed by atoms with E-state index in [1.54, 1.807) is 13.8 Å². The van der Waals surface area contributed by atoms with Crippen molar-refractivity contribution in [3.63, 3.8) is 0 Å². The van der Waals surface area contributed by atoms with Gasteiger partial charge in [0.25, 0.3) is 0 Å². The minimum atomic E-state index is -1.17. The molecule has 0 bridgehead atoms. The Morgan fingerprint density at radius 2 is 1.57 bits per heavy atom. The average Bonchev–Trinajstić information content (AvgIpc) is 3.37. The fourth-order valence-corrected chi connectivity index (χ4v) is 13.5. The van der Waals surface area contributed by atoms with E-state index >= 15 is 0 Å². The van der Waals surface area contributed by atoms with Crippen molar-refractivity contribution in [1.29, 1.82) is 0 Å². The molecule has 0 aromatic heterocycles. The summed E-state index contributed by atoms with van der Waals surface area (Å²) in [6.45, 7) is 20.9. The first kappa shape index (κ1) is 40.7. The maximum Gasteiger partial charge on any atom is 0.317 e. The van der Waals surface area contributed by atoms with Crippen molar-refractivity contribution >= 4 is 23.7 Å². The topological polar surface area (TPSA) is 121 Å². The second kappa shape index (κ2) is 14.2. The number of rotatable bonds is 12. The highest BCUT2D eigenvalue weighted by Gasteiger charge is 2.70. The average molecular weight is 746 g/mol. The molecule has 298 valence electrons. The predicted octanol–water partition coefficient (Wildman–Crippen LogP) is 9.36. The third-order valence-electron chi connectivity index (χ3n) is 16.5. The van der Waals surface area contributed by atoms with Crippen LogP contribution in [0.5, 0.6) is 0 Å². The van der Waals surface area contributed by atoms with Gasteiger partial charge in [0.2, 0.25) is 0 Å². The summed E-state index contributed by atoms with van der Waals surface area (Å²) in [5.41, 5.74) is 2.11. The van der Waals surface area contributed by atoms with Crippen molar-refractivity contribution in [2.24, 2.45) is 56.2 Å². The zero-order valence-electron chi connectivity index (χ0n) is 34.6. The number of carbonyl (C=O) groups is 4. The van der Waals surface area contributed by atoms with E-state index in [0.29, 0.717) is 43.0 Å². The zero-order valence-corrected chi connectivity index (χ0v) is 34.6. The van der Waals surface area contributed by atoms with E-state index in [9.17, 15) is 29.4 Å². The minimum Gasteiger partial charge on any atom is -0.481 e. The van der Waals surface area contributed by atoms with Gasteiger partial charge in [0, 0.05) is 23.8 Å². The minimum absolute atomic E-state index is 0.0215. The first-order chi connectivity index (χ1) is 25.1. The lowest BCUT2D eigenvalue weighted by molar-refractivity contribution is -0.233. The molecule has 2 N–H and O–H groups in total. The van der Waals surface area contributed by atoms with Gasteiger partial charge < -0.3 is 14.9 Å². The number of ketones is 1. The second-order valence-corrected chi connectivity index (χ2v) is 20.5. The van der Waals surface area contributed by atoms with Crippen molar-refractivity contribution in [2.45, 2.75) is 146 Å². The van der Waals surface area contributed by atoms with Gasteiger partial charge in [-0.1, -0.05) is 84.4 Å². The fraction of sp³-hybridized carbons (Fsp3) is 0.739. The lowest BCUT2D eigenvalue weighted by Crippen LogP contribution is -2.65. The quantitative estimate of drug-likeness (QED) is 0.203. The number of esters is 1. The summed E-state index contributed by atoms with van der Waals surface area (Å²) in [5.74, 6) is -0.599. The molecule has 8 heteroatoms. The number of hydrogen-bond acceptors (Lipinski definition) is 6. The first-order valence-electron chi connectivity index (χ1n) is 20.8. The van der Waals surface area contributed by atoms with Crippen LogP contribution in [0.2, 0.25) is 0 Å². The highest BCUT2D eigenvalue weighted by atomic mass is 16.5. The molecule has 0 saturated heterocycles. The maximum absolute atomic E-state index is 14.1. The van der Waals surface area contributed by atoms with E-state index in [4.69, 9.17) is 4.74 Å². The molecule has 0 aliphatic heterocycles. The number of carbonyl (C=O) groups excluding carboxylic acids is 2. The molecule has 1 aromatic carbocycles. The number of carboxylic acid groups (broad SMARTS) is 2. The summed E-state index contributed by atoms with van der Waals surface area (Å²) in [6, 6.07) is 10.1. The van der Waals surface area contributed by atoms with Gasteiger partial charge >= 0.3 is 17.9 Å². The molecule has 8 nitrogen and oxygen atoms in total. The van der Waals surface area contributed by atoms with Crippen LogP contribution in [0.4, 0.5) is 0 Å². The second-order valence-electron chi connectivity index (χ2n) is 20.5. The molecule has 5 aliphatic carbocycles. The van der Waals surface area contributed by atoms with Crippen LogP contribution in [0, 0.1) is 56.2 Å². The van der Waals surface area contributed by atoms with Crippen molar-refractivity contribution in [1.82, 2.24) is 4.90 Å². The number of ether oxygens (including phenoxy) is 1. The normalized spacial score (nSPS) is 35.9. The Balaban J connectivity index is 1.27. The van der Waals surface area contributed by atoms with Gasteiger partial charge in [0.1, 0.15) is 6.10 Å². The Morgan fingerprint density at radius 1 is 0.889 bits per heavy atom. The molecule has 8 atom stereocenters. The molecule has 4 fully saturated rings. The Labute approximate surface area is 323 Å². The molecule has 54 heavy (non-hydrogen) atoms. The van der Waals surface area contributed by atoms with Gasteiger partial charge in [-0.2, -0.15) is 0 Å². The van der Waals surface area contributed by atoms with Crippen molar-refractivity contribution in [2.75, 3.05) is 13.1 Å². The van der Waals surface area contributed by atoms with Crippen LogP contribution in [0.15, 0.2) is 41.5 Å². The number of benzene rings is 1. The predicted molar refractivity (Wildman–Crippen MR) is 209 cm³/mol. The SMILES string of the molecule is CC(C)C1=C2[C@H]3CC[C@@H]4[C@@]5(C)CC[C@H](OC(=O)CC(C)(C)C(=O)O)C(C)(C)[C@@H]5CC[C@@]4(C)[C@]3(C)CC[C@@]2(CCN(CC(=O)O)Cc2ccccc2)CC1=O. The van der Waals surface area contributed by atoms with E-state index in [0.717, 1.165) is 68.9 Å². The standard InChI is InChI=1S/C46H67NO7/c1-29(2)38-32(48)25-46(23-24-47(28-36(49)50)27-30-13-11-10-12-14-30)22-21-44(8)31(39(38)46)15-16-34-43(7)19-18-35(54-37(51)26-41(3,4)40(52)53)42(5,6)33(43)17-20-45(34,44)9/h10-14,29,31,33-35H,15-28H2,1-9H3,(H,49,50)(H,52,53)/t31-,33+,34-,35+,43+,44-,45-,46-/m1/s1. The van der Waals surface area contributed by atoms with Gasteiger partial charge in [0.05, 0.1) is 18.4 Å². The Bertz CT molecular complexity index is 1680. The molecular formula is C46H67NO7. The van der Waals surface area contributed by atoms with Gasteiger partial charge in [-0.25, -0.2) is 0 Å². The molecule has 4 saturated carbocycles. The van der Waals surface area contributed by atoms with Gasteiger partial charge in [-0.15, -0.1) is 0 Å². The number of fused-ring (bicyclic) bond motifs is 7. The van der Waals surface area contributed by atoms with Crippen LogP contribution in [-0.2, 0) is 30.5 Å². The Hall–Kier alpha value is -3.00. The summed E-state index contributed by atoms with van der Waals surface area (Å²) >= 11 is 0. The molecular weight excluding hydrogens is 679 g/mol. The van der Waals surface area contributed by atoms with Crippen molar-refractivity contribution < 1.29 is 34.1 Å². The molecule has 0 radical (unpaired) electrons. The molecule has 6 rings (SSSR count). The summed E-state index contributed by atoms with van der Waals surface area (Å²) in [4.78, 5) is 53.1. The maximum atomic E-state index is 14.1. The number of hydrogen-bond donors (Lipinski definition) is 2. The zero-order chi connectivity index (χ0) is 39.6. The van der Waals surface area contributed by atoms with E-state index in [1.165, 1.54) is 5.57 Å². The van der Waals surface area contributed by atoms with E-state index in [1.807, 2.05) is 18.2 Å². The smallest absolute Gasteiger partial charge is 0.317 e. The lowest BCUT2D eigenvalue weighted by atomic mass is 9.33. The molecule has 0 unspecified atom stereocenters. The summed E-state index contributed by atoms with van der Waals surface area (Å²) in [7, 11) is 0. The molecule has 5 aliphatic rings. The molecule has 1 aromatic rings. The monoisotopic (exact) mass is 745 g/mol. The first-order valence-corrected chi connectivity index (χ1v) is 20.8. The third-order valence-corrected chi connectivity index (χ3v) is 16.5. The number of Topliss-reactive ketones (excluding diaryl/α,β-unsaturated/α-hetero) is 1. The van der Waals surface area contributed by atoms with Crippen LogP contribution in [0.3, 0.4) is 0 Å². The van der Waals surface area contributed by atoms with E-state index in [-0.39, 0.29) is 52.1 Å². The van der Waals surface area contributed by atoms with Crippen LogP contribution in [0.25, 0.3) is 0 Å². The number of nitrogens with zero attached hydrogens (tertiary/aromatic N) is 1. The Kier molecular flexibility index (Phi) is 10.7. The van der Waals surface area contributed by atoms with E-state index < -0.39 is 23.3 Å². The fourth-order valence-electron chi connectivity index (χ4n) is 13.5. The number of allylic oxidation sites excluding steroid dienone is 2. The largest absolute Gasteiger partial charge is 0.481 e. The number of aliphatic carboxylic acids is 2. The van der Waals surface area contributed by atoms with E-state index in [2.05, 4.69) is 65.5 Å². The molecule has 0 spiro atoms. The summed E-state index contributed by atoms with van der Waals surface area (Å²) in [6.07, 6.45) is 9.06. The highest BCUT2D eigenvalue weighted by molar-refractivity contribution is 6.00. The summed E-state index contributed by atoms with van der Waals surface area (Å²) < 4.78 is 6.17. The highest BCUT2D eigenvalue weighted by Crippen LogP contribution is 2.77. The number of carboxylic acids is 2. The molecule has 0 heterocycles. The van der Waals surface area contributed by atoms with Gasteiger partial charge in [-0.3, -0.25) is 24.1 Å². The van der Waals surface area contributed by atoms with Crippen molar-refractivity contribution in [3.8, 4) is 0 Å². The lowest BCUT2D eigenvalue weighted by Gasteiger charge is -2.72. The molecule has 0 amide bonds. The summed E-state index contributed by atoms with van der Waals surface area (Å²) in [5, 5.41) is 19.5. The van der Waals surface area contributed by atoms with Gasteiger partial charge in [0.15, 0.2) is 5.78 Å². The third kappa shape index (κ3) is 6.68. The van der Waals surface area contributed by atoms with Crippen LogP contribution < -0.4 is 0 Å². The van der Waals surface area contributed by atoms with Crippen molar-refractivity contribution in [3.05, 3.63) is 47.0 Å².